The van der Waals surface area contributed by atoms with Crippen LogP contribution >= 0.6 is 12.3 Å². The maximum atomic E-state index is 12.9. The number of aliphatic hydroxyl groups excluding tert-OH is 1. The molecule has 10 heteroatoms. The molecular weight excluding hydrogens is 348 g/mol. The van der Waals surface area contributed by atoms with E-state index in [1.807, 2.05) is 4.90 Å². The number of halogens is 4. The van der Waals surface area contributed by atoms with E-state index in [0.717, 1.165) is 3.97 Å². The van der Waals surface area contributed by atoms with Crippen molar-refractivity contribution in [1.29, 1.82) is 0 Å². The molecule has 24 heavy (non-hydrogen) atoms. The summed E-state index contributed by atoms with van der Waals surface area (Å²) in [6, 6.07) is 3.21. The van der Waals surface area contributed by atoms with Gasteiger partial charge in [0.15, 0.2) is 23.9 Å². The Morgan fingerprint density at radius 1 is 1.21 bits per heavy atom. The first kappa shape index (κ1) is 17.0. The minimum Gasteiger partial charge on any atom is -0.393 e. The van der Waals surface area contributed by atoms with Crippen LogP contribution in [0.3, 0.4) is 0 Å². The summed E-state index contributed by atoms with van der Waals surface area (Å²) in [7, 11) is 0. The van der Waals surface area contributed by atoms with Crippen LogP contribution in [0.2, 0.25) is 0 Å². The van der Waals surface area contributed by atoms with Crippen molar-refractivity contribution >= 4 is 18.2 Å². The van der Waals surface area contributed by atoms with Gasteiger partial charge in [0.1, 0.15) is 5.82 Å². The topological polar surface area (TPSA) is 54.2 Å². The lowest BCUT2D eigenvalue weighted by atomic mass is 10.1. The zero-order chi connectivity index (χ0) is 17.3. The van der Waals surface area contributed by atoms with Crippen LogP contribution in [-0.4, -0.2) is 38.2 Å². The van der Waals surface area contributed by atoms with E-state index in [1.54, 1.807) is 12.1 Å². The van der Waals surface area contributed by atoms with Crippen LogP contribution in [0.15, 0.2) is 24.5 Å². The molecule has 0 bridgehead atoms. The third-order valence-corrected chi connectivity index (χ3v) is 4.26. The van der Waals surface area contributed by atoms with Gasteiger partial charge in [-0.2, -0.15) is 13.2 Å². The molecule has 3 rings (SSSR count). The Labute approximate surface area is 139 Å². The molecule has 2 aromatic heterocycles. The number of nitrogens with zero attached hydrogens (tertiary/aromatic N) is 4. The number of pyridine rings is 1. The van der Waals surface area contributed by atoms with Crippen LogP contribution in [-0.2, 0) is 6.18 Å². The second-order valence-electron chi connectivity index (χ2n) is 5.47. The van der Waals surface area contributed by atoms with Gasteiger partial charge >= 0.3 is 6.18 Å². The Kier molecular flexibility index (Phi) is 4.68. The summed E-state index contributed by atoms with van der Waals surface area (Å²) in [6.07, 6.45) is -1.69. The van der Waals surface area contributed by atoms with Crippen molar-refractivity contribution in [3.05, 3.63) is 30.2 Å². The van der Waals surface area contributed by atoms with Crippen LogP contribution in [0.25, 0.3) is 11.4 Å². The molecule has 1 N–H and O–H groups in total. The zero-order valence-corrected chi connectivity index (χ0v) is 13.2. The molecular formula is C14H14F4N4OS. The van der Waals surface area contributed by atoms with Gasteiger partial charge in [0, 0.05) is 24.8 Å². The van der Waals surface area contributed by atoms with Crippen LogP contribution in [0.5, 0.6) is 0 Å². The van der Waals surface area contributed by atoms with Crippen molar-refractivity contribution in [1.82, 2.24) is 13.9 Å². The molecule has 0 radical (unpaired) electrons. The summed E-state index contributed by atoms with van der Waals surface area (Å²) in [5.74, 6) is 0.510. The highest BCUT2D eigenvalue weighted by Gasteiger charge is 2.35. The number of aromatic nitrogens is 3. The van der Waals surface area contributed by atoms with E-state index >= 15 is 0 Å². The molecule has 0 spiro atoms. The highest BCUT2D eigenvalue weighted by atomic mass is 32.2. The Morgan fingerprint density at radius 2 is 1.92 bits per heavy atom. The first-order valence-electron chi connectivity index (χ1n) is 7.23. The summed E-state index contributed by atoms with van der Waals surface area (Å²) in [4.78, 5) is 9.67. The smallest absolute Gasteiger partial charge is 0.393 e. The highest BCUT2D eigenvalue weighted by Crippen LogP contribution is 2.33. The summed E-state index contributed by atoms with van der Waals surface area (Å²) in [5, 5.41) is 9.50. The standard InChI is InChI=1S/C14H14F4N4OS/c15-14(16,17)11-8-22(24-18)13(20-11)9-1-2-12(19-7-9)21-5-3-10(23)4-6-21/h1-2,7-8,10,23H,3-6H2. The molecule has 0 aromatic carbocycles. The fraction of sp³-hybridized carbons (Fsp3) is 0.429. The van der Waals surface area contributed by atoms with Crippen molar-refractivity contribution in [2.45, 2.75) is 25.1 Å². The van der Waals surface area contributed by atoms with Gasteiger partial charge < -0.3 is 10.0 Å². The van der Waals surface area contributed by atoms with Gasteiger partial charge in [-0.1, -0.05) is 0 Å². The lowest BCUT2D eigenvalue weighted by Crippen LogP contribution is -2.36. The molecule has 1 aliphatic heterocycles. The number of hydrogen-bond acceptors (Lipinski definition) is 5. The Bertz CT molecular complexity index is 696. The van der Waals surface area contributed by atoms with Gasteiger partial charge in [-0.05, 0) is 25.0 Å². The van der Waals surface area contributed by atoms with Crippen LogP contribution in [0, 0.1) is 0 Å². The fourth-order valence-electron chi connectivity index (χ4n) is 2.55. The third-order valence-electron chi connectivity index (χ3n) is 3.83. The van der Waals surface area contributed by atoms with Gasteiger partial charge in [0.05, 0.1) is 12.3 Å². The molecule has 0 saturated carbocycles. The minimum atomic E-state index is -4.64. The Morgan fingerprint density at radius 3 is 2.46 bits per heavy atom. The number of piperidine rings is 1. The van der Waals surface area contributed by atoms with E-state index in [0.29, 0.717) is 37.9 Å². The molecule has 1 aliphatic rings. The fourth-order valence-corrected chi connectivity index (χ4v) is 2.90. The zero-order valence-electron chi connectivity index (χ0n) is 12.4. The van der Waals surface area contributed by atoms with E-state index in [4.69, 9.17) is 0 Å². The van der Waals surface area contributed by atoms with Gasteiger partial charge in [-0.3, -0.25) is 0 Å². The number of alkyl halides is 3. The molecule has 0 unspecified atom stereocenters. The van der Waals surface area contributed by atoms with Crippen LogP contribution < -0.4 is 4.90 Å². The second kappa shape index (κ2) is 6.60. The predicted octanol–water partition coefficient (Wildman–Crippen LogP) is 3.31. The lowest BCUT2D eigenvalue weighted by Gasteiger charge is -2.30. The first-order chi connectivity index (χ1) is 11.4. The molecule has 0 amide bonds. The van der Waals surface area contributed by atoms with E-state index in [-0.39, 0.29) is 29.8 Å². The lowest BCUT2D eigenvalue weighted by molar-refractivity contribution is -0.140. The highest BCUT2D eigenvalue weighted by molar-refractivity contribution is 7.92. The van der Waals surface area contributed by atoms with E-state index < -0.39 is 11.9 Å². The monoisotopic (exact) mass is 362 g/mol. The molecule has 0 atom stereocenters. The molecule has 1 fully saturated rings. The summed E-state index contributed by atoms with van der Waals surface area (Å²) in [6.45, 7) is 1.31. The Hall–Kier alpha value is -1.81. The minimum absolute atomic E-state index is 0.150. The van der Waals surface area contributed by atoms with Crippen molar-refractivity contribution in [2.24, 2.45) is 0 Å². The molecule has 2 aromatic rings. The number of aliphatic hydroxyl groups is 1. The molecule has 0 aliphatic carbocycles. The first-order valence-corrected chi connectivity index (χ1v) is 7.91. The molecule has 3 heterocycles. The van der Waals surface area contributed by atoms with Gasteiger partial charge in [-0.25, -0.2) is 13.9 Å². The average Bonchev–Trinajstić information content (AvgIpc) is 3.00. The number of anilines is 1. The summed E-state index contributed by atoms with van der Waals surface area (Å²) >= 11 is -0.352. The third kappa shape index (κ3) is 3.48. The number of hydrogen-bond donors (Lipinski definition) is 1. The maximum Gasteiger partial charge on any atom is 0.434 e. The number of imidazole rings is 1. The van der Waals surface area contributed by atoms with Crippen LogP contribution in [0.1, 0.15) is 18.5 Å². The predicted molar refractivity (Wildman–Crippen MR) is 82.0 cm³/mol. The average molecular weight is 362 g/mol. The second-order valence-corrected chi connectivity index (χ2v) is 6.00. The summed E-state index contributed by atoms with van der Waals surface area (Å²) in [5.41, 5.74) is -0.867. The maximum absolute atomic E-state index is 12.9. The Balaban J connectivity index is 1.84. The van der Waals surface area contributed by atoms with Gasteiger partial charge in [0.2, 0.25) is 0 Å². The van der Waals surface area contributed by atoms with Crippen LogP contribution in [0.4, 0.5) is 22.9 Å². The largest absolute Gasteiger partial charge is 0.434 e. The van der Waals surface area contributed by atoms with Crippen molar-refractivity contribution < 1.29 is 22.2 Å². The normalized spacial score (nSPS) is 16.6. The number of rotatable bonds is 3. The van der Waals surface area contributed by atoms with Gasteiger partial charge in [0.25, 0.3) is 0 Å². The van der Waals surface area contributed by atoms with E-state index in [2.05, 4.69) is 9.97 Å². The van der Waals surface area contributed by atoms with Crippen molar-refractivity contribution in [3.63, 3.8) is 0 Å². The molecule has 130 valence electrons. The van der Waals surface area contributed by atoms with Gasteiger partial charge in [-0.15, -0.1) is 3.89 Å². The quantitative estimate of drug-likeness (QED) is 0.849. The molecule has 1 saturated heterocycles. The summed E-state index contributed by atoms with van der Waals surface area (Å²) < 4.78 is 51.8. The van der Waals surface area contributed by atoms with E-state index in [9.17, 15) is 22.2 Å². The van der Waals surface area contributed by atoms with Crippen molar-refractivity contribution in [3.8, 4) is 11.4 Å². The SMILES string of the molecule is OC1CCN(c2ccc(-c3nc(C(F)(F)F)cn3SF)cn2)CC1. The van der Waals surface area contributed by atoms with E-state index in [1.165, 1.54) is 6.20 Å². The van der Waals surface area contributed by atoms with Crippen molar-refractivity contribution in [2.75, 3.05) is 18.0 Å². The molecule has 5 nitrogen and oxygen atoms in total.